The highest BCUT2D eigenvalue weighted by Crippen LogP contribution is 2.27. The molecule has 0 fully saturated rings. The van der Waals surface area contributed by atoms with Crippen LogP contribution >= 0.6 is 0 Å². The van der Waals surface area contributed by atoms with Crippen LogP contribution in [0.15, 0.2) is 12.2 Å². The van der Waals surface area contributed by atoms with E-state index >= 15 is 0 Å². The first kappa shape index (κ1) is 37.1. The van der Waals surface area contributed by atoms with Gasteiger partial charge in [-0.05, 0) is 59.3 Å². The van der Waals surface area contributed by atoms with Gasteiger partial charge >= 0.3 is 17.9 Å². The average molecular weight is 555 g/mol. The Morgan fingerprint density at radius 1 is 0.513 bits per heavy atom. The van der Waals surface area contributed by atoms with Gasteiger partial charge in [-0.3, -0.25) is 4.48 Å². The zero-order valence-corrected chi connectivity index (χ0v) is 25.5. The molecule has 0 bridgehead atoms. The molecule has 228 valence electrons. The van der Waals surface area contributed by atoms with Crippen molar-refractivity contribution in [1.29, 1.82) is 0 Å². The number of hydrogen-bond donors (Lipinski definition) is 3. The summed E-state index contributed by atoms with van der Waals surface area (Å²) in [4.78, 5) is 35.4. The van der Waals surface area contributed by atoms with Crippen LogP contribution in [-0.2, 0) is 14.4 Å². The summed E-state index contributed by atoms with van der Waals surface area (Å²) < 4.78 is -0.482. The molecule has 7 nitrogen and oxygen atoms in total. The van der Waals surface area contributed by atoms with Crippen LogP contribution in [-0.4, -0.2) is 62.4 Å². The molecule has 0 saturated carbocycles. The summed E-state index contributed by atoms with van der Waals surface area (Å²) in [5.41, 5.74) is 0. The van der Waals surface area contributed by atoms with E-state index in [2.05, 4.69) is 19.1 Å². The van der Waals surface area contributed by atoms with Gasteiger partial charge < -0.3 is 15.3 Å². The van der Waals surface area contributed by atoms with E-state index in [0.717, 1.165) is 38.5 Å². The maximum absolute atomic E-state index is 11.8. The first-order chi connectivity index (χ1) is 18.6. The molecule has 0 aliphatic carbocycles. The summed E-state index contributed by atoms with van der Waals surface area (Å²) in [5.74, 6) is -3.52. The van der Waals surface area contributed by atoms with Gasteiger partial charge in [-0.1, -0.05) is 103 Å². The third-order valence-electron chi connectivity index (χ3n) is 8.54. The van der Waals surface area contributed by atoms with Gasteiger partial charge in [-0.15, -0.1) is 0 Å². The first-order valence-electron chi connectivity index (χ1n) is 15.8. The smallest absolute Gasteiger partial charge is 0.362 e. The Hall–Kier alpha value is -1.89. The summed E-state index contributed by atoms with van der Waals surface area (Å²) >= 11 is 0. The number of aliphatic carboxylic acids is 3. The lowest BCUT2D eigenvalue weighted by molar-refractivity contribution is -0.968. The second-order valence-corrected chi connectivity index (χ2v) is 11.5. The molecule has 0 aromatic carbocycles. The van der Waals surface area contributed by atoms with E-state index in [9.17, 15) is 29.7 Å². The zero-order valence-electron chi connectivity index (χ0n) is 25.5. The van der Waals surface area contributed by atoms with E-state index in [1.807, 2.05) is 0 Å². The molecule has 0 rings (SSSR count). The van der Waals surface area contributed by atoms with Crippen molar-refractivity contribution in [2.45, 2.75) is 168 Å². The topological polar surface area (TPSA) is 112 Å². The molecule has 7 heteroatoms. The molecule has 0 aromatic heterocycles. The Bertz CT molecular complexity index is 642. The number of nitrogens with zero attached hydrogens (tertiary/aromatic N) is 1. The van der Waals surface area contributed by atoms with Gasteiger partial charge in [0.15, 0.2) is 18.1 Å². The van der Waals surface area contributed by atoms with Crippen molar-refractivity contribution in [3.63, 3.8) is 0 Å². The van der Waals surface area contributed by atoms with E-state index in [1.165, 1.54) is 97.8 Å². The SMILES string of the molecule is CCCCCCCCCCCCC/C=C/CCCCCCCC[N+](C(C)C(=O)O)(C(C)C(=O)O)C(C)C(=O)O. The number of quaternary nitrogens is 1. The lowest BCUT2D eigenvalue weighted by Gasteiger charge is -2.47. The van der Waals surface area contributed by atoms with Crippen LogP contribution < -0.4 is 0 Å². The minimum Gasteiger partial charge on any atom is -0.477 e. The Kier molecular flexibility index (Phi) is 21.8. The van der Waals surface area contributed by atoms with Crippen LogP contribution in [0, 0.1) is 0 Å². The maximum atomic E-state index is 11.8. The molecule has 0 aliphatic rings. The first-order valence-corrected chi connectivity index (χ1v) is 15.8. The summed E-state index contributed by atoms with van der Waals surface area (Å²) in [6, 6.07) is -3.38. The molecular weight excluding hydrogens is 494 g/mol. The molecule has 0 amide bonds. The van der Waals surface area contributed by atoms with Gasteiger partial charge in [0.05, 0.1) is 6.54 Å². The maximum Gasteiger partial charge on any atom is 0.362 e. The van der Waals surface area contributed by atoms with Crippen LogP contribution in [0.5, 0.6) is 0 Å². The molecule has 39 heavy (non-hydrogen) atoms. The Balaban J connectivity index is 4.07. The lowest BCUT2D eigenvalue weighted by atomic mass is 10.00. The molecule has 0 aliphatic heterocycles. The van der Waals surface area contributed by atoms with Crippen molar-refractivity contribution >= 4 is 17.9 Å². The fourth-order valence-electron chi connectivity index (χ4n) is 5.72. The van der Waals surface area contributed by atoms with Crippen LogP contribution in [0.2, 0.25) is 0 Å². The molecule has 0 aromatic rings. The predicted molar refractivity (Wildman–Crippen MR) is 159 cm³/mol. The molecule has 0 radical (unpaired) electrons. The van der Waals surface area contributed by atoms with Crippen molar-refractivity contribution in [3.8, 4) is 0 Å². The highest BCUT2D eigenvalue weighted by Gasteiger charge is 2.52. The summed E-state index contributed by atoms with van der Waals surface area (Å²) in [6.45, 7) is 6.75. The highest BCUT2D eigenvalue weighted by molar-refractivity contribution is 5.77. The fourth-order valence-corrected chi connectivity index (χ4v) is 5.72. The molecule has 3 N–H and O–H groups in total. The summed E-state index contributed by atoms with van der Waals surface area (Å²) in [7, 11) is 0. The predicted octanol–water partition coefficient (Wildman–Crippen LogP) is 8.21. The summed E-state index contributed by atoms with van der Waals surface area (Å²) in [5, 5.41) is 28.9. The Labute approximate surface area is 238 Å². The zero-order chi connectivity index (χ0) is 29.5. The molecule has 0 spiro atoms. The number of hydrogen-bond acceptors (Lipinski definition) is 3. The van der Waals surface area contributed by atoms with Crippen LogP contribution in [0.1, 0.15) is 150 Å². The van der Waals surface area contributed by atoms with Crippen molar-refractivity contribution in [2.24, 2.45) is 0 Å². The highest BCUT2D eigenvalue weighted by atomic mass is 16.4. The van der Waals surface area contributed by atoms with E-state index < -0.39 is 40.5 Å². The van der Waals surface area contributed by atoms with E-state index in [-0.39, 0.29) is 6.54 Å². The number of rotatable bonds is 27. The standard InChI is InChI=1S/C32H59NO6/c1-5-6-7-8-9-10-11-12-13-14-15-16-17-18-19-20-21-22-23-24-25-26-33(27(2)30(34)35,28(3)31(36)37)29(4)32(38)39/h17-18,27-29H,5-16,19-26H2,1-4H3,(H2-,34,35,36,37,38,39)/p+1/b18-17+. The third-order valence-corrected chi connectivity index (χ3v) is 8.54. The average Bonchev–Trinajstić information content (AvgIpc) is 2.90. The van der Waals surface area contributed by atoms with Crippen LogP contribution in [0.25, 0.3) is 0 Å². The van der Waals surface area contributed by atoms with Gasteiger partial charge in [0, 0.05) is 0 Å². The van der Waals surface area contributed by atoms with Gasteiger partial charge in [-0.25, -0.2) is 14.4 Å². The molecular formula is C32H60NO6+. The number of allylic oxidation sites excluding steroid dienone is 2. The minimum atomic E-state index is -1.17. The number of unbranched alkanes of at least 4 members (excludes halogenated alkanes) is 17. The van der Waals surface area contributed by atoms with Gasteiger partial charge in [-0.2, -0.15) is 0 Å². The molecule has 3 unspecified atom stereocenters. The number of carboxylic acids is 3. The fraction of sp³-hybridized carbons (Fsp3) is 0.844. The molecule has 0 saturated heterocycles. The van der Waals surface area contributed by atoms with Crippen molar-refractivity contribution in [1.82, 2.24) is 0 Å². The molecule has 3 atom stereocenters. The van der Waals surface area contributed by atoms with E-state index in [0.29, 0.717) is 6.42 Å². The van der Waals surface area contributed by atoms with Crippen LogP contribution in [0.3, 0.4) is 0 Å². The van der Waals surface area contributed by atoms with Crippen molar-refractivity contribution in [3.05, 3.63) is 12.2 Å². The number of carbonyl (C=O) groups is 3. The van der Waals surface area contributed by atoms with Gasteiger partial charge in [0.25, 0.3) is 0 Å². The Morgan fingerprint density at radius 3 is 1.10 bits per heavy atom. The summed E-state index contributed by atoms with van der Waals surface area (Å²) in [6.07, 6.45) is 27.8. The number of carboxylic acid groups (broad SMARTS) is 3. The Morgan fingerprint density at radius 2 is 0.795 bits per heavy atom. The van der Waals surface area contributed by atoms with E-state index in [4.69, 9.17) is 0 Å². The van der Waals surface area contributed by atoms with E-state index in [1.54, 1.807) is 0 Å². The molecule has 0 heterocycles. The van der Waals surface area contributed by atoms with Gasteiger partial charge in [0.2, 0.25) is 0 Å². The van der Waals surface area contributed by atoms with Crippen LogP contribution in [0.4, 0.5) is 0 Å². The quantitative estimate of drug-likeness (QED) is 0.0536. The second kappa shape index (κ2) is 22.9. The normalized spacial score (nSPS) is 15.6. The lowest BCUT2D eigenvalue weighted by Crippen LogP contribution is -2.70. The van der Waals surface area contributed by atoms with Gasteiger partial charge in [0.1, 0.15) is 0 Å². The third kappa shape index (κ3) is 15.5. The van der Waals surface area contributed by atoms with Crippen molar-refractivity contribution < 1.29 is 34.2 Å². The largest absolute Gasteiger partial charge is 0.477 e. The second-order valence-electron chi connectivity index (χ2n) is 11.5. The monoisotopic (exact) mass is 554 g/mol. The van der Waals surface area contributed by atoms with Crippen molar-refractivity contribution in [2.75, 3.05) is 6.54 Å². The minimum absolute atomic E-state index is 0.218.